The van der Waals surface area contributed by atoms with Crippen molar-refractivity contribution in [1.29, 1.82) is 0 Å². The average molecular weight is 209 g/mol. The Balaban J connectivity index is 0. The van der Waals surface area contributed by atoms with Crippen molar-refractivity contribution in [3.8, 4) is 0 Å². The minimum atomic E-state index is 0. The Morgan fingerprint density at radius 3 is 2.17 bits per heavy atom. The molecule has 0 saturated carbocycles. The van der Waals surface area contributed by atoms with E-state index in [1.54, 1.807) is 24.5 Å². The molecule has 0 spiro atoms. The Hall–Kier alpha value is -1.00. The number of aromatic nitrogens is 1. The lowest BCUT2D eigenvalue weighted by molar-refractivity contribution is 1.22. The molecule has 1 heterocycles. The normalized spacial score (nSPS) is 9.50. The lowest BCUT2D eigenvalue weighted by atomic mass is 10.2. The smallest absolute Gasteiger partial charge is 0.150 e. The van der Waals surface area contributed by atoms with Gasteiger partial charge < -0.3 is 11.6 Å². The van der Waals surface area contributed by atoms with Crippen LogP contribution < -0.4 is 11.6 Å². The first-order valence-corrected chi connectivity index (χ1v) is 2.78. The Kier molecular flexibility index (Phi) is 7.58. The SMILES string of the molecule is Cl.Cl.NN=C(N)c1ccncc1. The summed E-state index contributed by atoms with van der Waals surface area (Å²) in [7, 11) is 0. The van der Waals surface area contributed by atoms with Crippen LogP contribution in [-0.2, 0) is 0 Å². The molecule has 12 heavy (non-hydrogen) atoms. The number of amidine groups is 1. The van der Waals surface area contributed by atoms with Gasteiger partial charge in [-0.1, -0.05) is 0 Å². The molecule has 0 bridgehead atoms. The van der Waals surface area contributed by atoms with Crippen molar-refractivity contribution in [2.24, 2.45) is 16.7 Å². The summed E-state index contributed by atoms with van der Waals surface area (Å²) in [6.07, 6.45) is 3.26. The minimum absolute atomic E-state index is 0. The van der Waals surface area contributed by atoms with E-state index in [-0.39, 0.29) is 24.8 Å². The zero-order chi connectivity index (χ0) is 7.40. The largest absolute Gasteiger partial charge is 0.382 e. The molecule has 0 aliphatic rings. The van der Waals surface area contributed by atoms with Crippen LogP contribution >= 0.6 is 24.8 Å². The summed E-state index contributed by atoms with van der Waals surface area (Å²) in [6, 6.07) is 3.48. The molecule has 0 saturated heterocycles. The van der Waals surface area contributed by atoms with Gasteiger partial charge in [0.2, 0.25) is 0 Å². The number of hydrogen-bond acceptors (Lipinski definition) is 3. The fourth-order valence-electron chi connectivity index (χ4n) is 0.597. The monoisotopic (exact) mass is 208 g/mol. The van der Waals surface area contributed by atoms with Gasteiger partial charge in [-0.2, -0.15) is 5.10 Å². The van der Waals surface area contributed by atoms with E-state index in [0.29, 0.717) is 5.84 Å². The first kappa shape index (κ1) is 13.6. The molecule has 6 heteroatoms. The fraction of sp³-hybridized carbons (Fsp3) is 0. The van der Waals surface area contributed by atoms with E-state index >= 15 is 0 Å². The van der Waals surface area contributed by atoms with Crippen LogP contribution in [0.1, 0.15) is 5.56 Å². The van der Waals surface area contributed by atoms with Crippen LogP contribution in [-0.4, -0.2) is 10.8 Å². The molecule has 1 aromatic rings. The van der Waals surface area contributed by atoms with E-state index in [4.69, 9.17) is 11.6 Å². The van der Waals surface area contributed by atoms with E-state index in [0.717, 1.165) is 5.56 Å². The molecule has 0 atom stereocenters. The van der Waals surface area contributed by atoms with Crippen molar-refractivity contribution >= 4 is 30.6 Å². The third-order valence-corrected chi connectivity index (χ3v) is 1.12. The molecule has 0 aliphatic heterocycles. The van der Waals surface area contributed by atoms with Gasteiger partial charge in [0.15, 0.2) is 0 Å². The van der Waals surface area contributed by atoms with Gasteiger partial charge in [0.05, 0.1) is 0 Å². The molecule has 1 aromatic heterocycles. The summed E-state index contributed by atoms with van der Waals surface area (Å²) < 4.78 is 0. The highest BCUT2D eigenvalue weighted by atomic mass is 35.5. The number of halogens is 2. The molecule has 0 radical (unpaired) electrons. The van der Waals surface area contributed by atoms with Crippen LogP contribution in [0.3, 0.4) is 0 Å². The van der Waals surface area contributed by atoms with Gasteiger partial charge in [-0.05, 0) is 12.1 Å². The number of pyridine rings is 1. The lowest BCUT2D eigenvalue weighted by Gasteiger charge is -1.94. The van der Waals surface area contributed by atoms with Gasteiger partial charge >= 0.3 is 0 Å². The molecule has 1 rings (SSSR count). The molecule has 0 fully saturated rings. The lowest BCUT2D eigenvalue weighted by Crippen LogP contribution is -2.15. The van der Waals surface area contributed by atoms with E-state index < -0.39 is 0 Å². The molecule has 0 aliphatic carbocycles. The summed E-state index contributed by atoms with van der Waals surface area (Å²) in [5.74, 6) is 5.27. The van der Waals surface area contributed by atoms with Crippen LogP contribution in [0.25, 0.3) is 0 Å². The van der Waals surface area contributed by atoms with Crippen molar-refractivity contribution < 1.29 is 0 Å². The summed E-state index contributed by atoms with van der Waals surface area (Å²) in [5, 5.41) is 3.33. The van der Waals surface area contributed by atoms with Crippen LogP contribution in [0.15, 0.2) is 29.6 Å². The van der Waals surface area contributed by atoms with E-state index in [1.165, 1.54) is 0 Å². The number of nitrogens with two attached hydrogens (primary N) is 2. The molecular weight excluding hydrogens is 199 g/mol. The van der Waals surface area contributed by atoms with Crippen molar-refractivity contribution in [1.82, 2.24) is 4.98 Å². The average Bonchev–Trinajstić information content (AvgIpc) is 2.05. The summed E-state index contributed by atoms with van der Waals surface area (Å²) in [6.45, 7) is 0. The van der Waals surface area contributed by atoms with Crippen LogP contribution in [0, 0.1) is 0 Å². The molecule has 68 valence electrons. The number of rotatable bonds is 1. The number of nitrogens with zero attached hydrogens (tertiary/aromatic N) is 2. The third-order valence-electron chi connectivity index (χ3n) is 1.12. The van der Waals surface area contributed by atoms with Crippen molar-refractivity contribution in [3.05, 3.63) is 30.1 Å². The van der Waals surface area contributed by atoms with E-state index in [2.05, 4.69) is 10.1 Å². The predicted molar refractivity (Wildman–Crippen MR) is 53.6 cm³/mol. The Morgan fingerprint density at radius 1 is 1.25 bits per heavy atom. The second-order valence-electron chi connectivity index (χ2n) is 1.75. The highest BCUT2D eigenvalue weighted by Gasteiger charge is 1.93. The highest BCUT2D eigenvalue weighted by molar-refractivity contribution is 5.96. The minimum Gasteiger partial charge on any atom is -0.382 e. The van der Waals surface area contributed by atoms with E-state index in [1.807, 2.05) is 0 Å². The summed E-state index contributed by atoms with van der Waals surface area (Å²) >= 11 is 0. The Labute approximate surface area is 82.9 Å². The van der Waals surface area contributed by atoms with Gasteiger partial charge in [-0.3, -0.25) is 4.98 Å². The standard InChI is InChI=1S/C6H8N4.2ClH/c7-6(10-8)5-1-3-9-4-2-5;;/h1-4H,8H2,(H2,7,10);2*1H. The molecule has 0 unspecified atom stereocenters. The molecular formula is C6H10Cl2N4. The maximum Gasteiger partial charge on any atom is 0.150 e. The predicted octanol–water partition coefficient (Wildman–Crippen LogP) is 0.504. The third kappa shape index (κ3) is 3.41. The molecule has 0 aromatic carbocycles. The quantitative estimate of drug-likeness (QED) is 0.306. The number of hydrazone groups is 1. The zero-order valence-electron chi connectivity index (χ0n) is 6.18. The van der Waals surface area contributed by atoms with E-state index in [9.17, 15) is 0 Å². The maximum absolute atomic E-state index is 5.39. The Bertz CT molecular complexity index is 237. The van der Waals surface area contributed by atoms with Gasteiger partial charge in [0.25, 0.3) is 0 Å². The Morgan fingerprint density at radius 2 is 1.75 bits per heavy atom. The second-order valence-corrected chi connectivity index (χ2v) is 1.75. The van der Waals surface area contributed by atoms with Crippen LogP contribution in [0.2, 0.25) is 0 Å². The first-order valence-electron chi connectivity index (χ1n) is 2.78. The van der Waals surface area contributed by atoms with Gasteiger partial charge in [-0.15, -0.1) is 24.8 Å². The van der Waals surface area contributed by atoms with Crippen molar-refractivity contribution in [2.75, 3.05) is 0 Å². The van der Waals surface area contributed by atoms with Gasteiger partial charge in [0.1, 0.15) is 5.84 Å². The summed E-state index contributed by atoms with van der Waals surface area (Å²) in [4.78, 5) is 3.81. The molecule has 4 nitrogen and oxygen atoms in total. The summed E-state index contributed by atoms with van der Waals surface area (Å²) in [5.41, 5.74) is 6.18. The second kappa shape index (κ2) is 6.69. The highest BCUT2D eigenvalue weighted by Crippen LogP contribution is 1.93. The molecule has 4 N–H and O–H groups in total. The van der Waals surface area contributed by atoms with Gasteiger partial charge in [-0.25, -0.2) is 0 Å². The maximum atomic E-state index is 5.39. The fourth-order valence-corrected chi connectivity index (χ4v) is 0.597. The van der Waals surface area contributed by atoms with Gasteiger partial charge in [0, 0.05) is 18.0 Å². The van der Waals surface area contributed by atoms with Crippen LogP contribution in [0.4, 0.5) is 0 Å². The first-order chi connectivity index (χ1) is 4.84. The topological polar surface area (TPSA) is 77.3 Å². The number of hydrogen-bond donors (Lipinski definition) is 2. The van der Waals surface area contributed by atoms with Crippen molar-refractivity contribution in [3.63, 3.8) is 0 Å². The van der Waals surface area contributed by atoms with Crippen LogP contribution in [0.5, 0.6) is 0 Å². The van der Waals surface area contributed by atoms with Crippen molar-refractivity contribution in [2.45, 2.75) is 0 Å². The molecule has 0 amide bonds. The zero-order valence-corrected chi connectivity index (χ0v) is 7.81.